The Bertz CT molecular complexity index is 639. The predicted octanol–water partition coefficient (Wildman–Crippen LogP) is 5.00. The van der Waals surface area contributed by atoms with Gasteiger partial charge >= 0.3 is 5.97 Å². The minimum Gasteiger partial charge on any atom is -0.462 e. The maximum Gasteiger partial charge on any atom is 0.302 e. The highest BCUT2D eigenvalue weighted by Gasteiger charge is 2.46. The minimum absolute atomic E-state index is 0.0231. The van der Waals surface area contributed by atoms with Crippen molar-refractivity contribution in [3.05, 3.63) is 34.9 Å². The molecule has 1 aromatic rings. The molecule has 150 valence electrons. The van der Waals surface area contributed by atoms with E-state index in [1.54, 1.807) is 0 Å². The summed E-state index contributed by atoms with van der Waals surface area (Å²) in [7, 11) is 0. The van der Waals surface area contributed by atoms with Crippen molar-refractivity contribution in [2.24, 2.45) is 17.8 Å². The van der Waals surface area contributed by atoms with Crippen LogP contribution in [0.1, 0.15) is 75.5 Å². The topological polar surface area (TPSA) is 46.5 Å². The van der Waals surface area contributed by atoms with Crippen LogP contribution in [0.25, 0.3) is 0 Å². The Hall–Kier alpha value is -1.35. The molecule has 1 N–H and O–H groups in total. The number of carbonyl (C=O) groups excluding carboxylic acids is 1. The van der Waals surface area contributed by atoms with Crippen molar-refractivity contribution in [1.82, 2.24) is 0 Å². The number of hydrogen-bond donors (Lipinski definition) is 1. The molecule has 1 saturated carbocycles. The van der Waals surface area contributed by atoms with Crippen LogP contribution < -0.4 is 0 Å². The highest BCUT2D eigenvalue weighted by atomic mass is 16.5. The van der Waals surface area contributed by atoms with Crippen LogP contribution in [0, 0.1) is 24.7 Å². The first-order valence-corrected chi connectivity index (χ1v) is 10.9. The average molecular weight is 373 g/mol. The molecule has 1 aromatic carbocycles. The maximum absolute atomic E-state index is 11.7. The first-order valence-electron chi connectivity index (χ1n) is 10.9. The van der Waals surface area contributed by atoms with E-state index < -0.39 is 0 Å². The first-order chi connectivity index (χ1) is 13.0. The number of aryl methyl sites for hydroxylation is 1. The van der Waals surface area contributed by atoms with Crippen LogP contribution >= 0.6 is 0 Å². The molecule has 0 aromatic heterocycles. The number of esters is 1. The van der Waals surface area contributed by atoms with E-state index >= 15 is 0 Å². The zero-order valence-corrected chi connectivity index (χ0v) is 17.2. The summed E-state index contributed by atoms with van der Waals surface area (Å²) < 4.78 is 5.76. The number of carbonyl (C=O) groups is 1. The molecular formula is C24H36O3. The standard InChI is InChI=1S/C24H36O3/c1-4-5-6-10-20(26)11-12-21-23-13-18-9-7-8-16(2)22(18)14-19(23)15-24(21)27-17(3)25/h7-9,19-21,23-24,26H,4-6,10-15H2,1-3H3/t19-,20-,21+,23-,24+/m0/s1. The summed E-state index contributed by atoms with van der Waals surface area (Å²) in [4.78, 5) is 11.7. The van der Waals surface area contributed by atoms with Gasteiger partial charge in [-0.15, -0.1) is 0 Å². The summed E-state index contributed by atoms with van der Waals surface area (Å²) in [6.45, 7) is 5.93. The average Bonchev–Trinajstić information content (AvgIpc) is 2.94. The van der Waals surface area contributed by atoms with E-state index in [0.717, 1.165) is 44.9 Å². The number of hydrogen-bond acceptors (Lipinski definition) is 3. The largest absolute Gasteiger partial charge is 0.462 e. The number of benzene rings is 1. The van der Waals surface area contributed by atoms with Crippen LogP contribution in [0.4, 0.5) is 0 Å². The summed E-state index contributed by atoms with van der Waals surface area (Å²) in [6.07, 6.45) is 9.17. The van der Waals surface area contributed by atoms with Gasteiger partial charge in [-0.25, -0.2) is 0 Å². The summed E-state index contributed by atoms with van der Waals surface area (Å²) in [5.74, 6) is 1.39. The van der Waals surface area contributed by atoms with E-state index in [9.17, 15) is 9.90 Å². The van der Waals surface area contributed by atoms with Crippen molar-refractivity contribution in [1.29, 1.82) is 0 Å². The van der Waals surface area contributed by atoms with Crippen LogP contribution in [-0.4, -0.2) is 23.3 Å². The molecule has 0 heterocycles. The molecule has 2 aliphatic carbocycles. The number of ether oxygens (including phenoxy) is 1. The third-order valence-electron chi connectivity index (χ3n) is 6.89. The molecule has 3 nitrogen and oxygen atoms in total. The lowest BCUT2D eigenvalue weighted by atomic mass is 9.73. The van der Waals surface area contributed by atoms with Crippen LogP contribution in [0.3, 0.4) is 0 Å². The highest BCUT2D eigenvalue weighted by molar-refractivity contribution is 5.66. The lowest BCUT2D eigenvalue weighted by molar-refractivity contribution is -0.148. The van der Waals surface area contributed by atoms with Gasteiger partial charge in [0.05, 0.1) is 6.10 Å². The molecule has 0 radical (unpaired) electrons. The molecular weight excluding hydrogens is 336 g/mol. The fourth-order valence-electron chi connectivity index (χ4n) is 5.50. The Labute approximate surface area is 164 Å². The minimum atomic E-state index is -0.216. The van der Waals surface area contributed by atoms with Crippen molar-refractivity contribution < 1.29 is 14.6 Å². The maximum atomic E-state index is 11.7. The Balaban J connectivity index is 1.68. The number of aliphatic hydroxyl groups excluding tert-OH is 1. The zero-order chi connectivity index (χ0) is 19.4. The quantitative estimate of drug-likeness (QED) is 0.516. The van der Waals surface area contributed by atoms with Gasteiger partial charge in [0, 0.05) is 6.92 Å². The van der Waals surface area contributed by atoms with Crippen molar-refractivity contribution in [3.8, 4) is 0 Å². The molecule has 3 rings (SSSR count). The Morgan fingerprint density at radius 3 is 2.81 bits per heavy atom. The van der Waals surface area contributed by atoms with Crippen molar-refractivity contribution in [2.45, 2.75) is 90.8 Å². The van der Waals surface area contributed by atoms with Crippen LogP contribution in [0.5, 0.6) is 0 Å². The lowest BCUT2D eigenvalue weighted by Gasteiger charge is -2.32. The fraction of sp³-hybridized carbons (Fsp3) is 0.708. The number of rotatable bonds is 8. The van der Waals surface area contributed by atoms with Gasteiger partial charge in [0.25, 0.3) is 0 Å². The van der Waals surface area contributed by atoms with E-state index in [1.165, 1.54) is 36.5 Å². The second kappa shape index (κ2) is 9.23. The summed E-state index contributed by atoms with van der Waals surface area (Å²) in [5, 5.41) is 10.4. The summed E-state index contributed by atoms with van der Waals surface area (Å²) in [5.41, 5.74) is 4.39. The van der Waals surface area contributed by atoms with Gasteiger partial charge in [-0.3, -0.25) is 4.79 Å². The van der Waals surface area contributed by atoms with Gasteiger partial charge in [0.2, 0.25) is 0 Å². The van der Waals surface area contributed by atoms with Crippen LogP contribution in [0.2, 0.25) is 0 Å². The first kappa shape index (κ1) is 20.4. The monoisotopic (exact) mass is 372 g/mol. The lowest BCUT2D eigenvalue weighted by Crippen LogP contribution is -2.29. The number of fused-ring (bicyclic) bond motifs is 2. The van der Waals surface area contributed by atoms with Gasteiger partial charge in [-0.2, -0.15) is 0 Å². The van der Waals surface area contributed by atoms with Crippen LogP contribution in [0.15, 0.2) is 18.2 Å². The second-order valence-corrected chi connectivity index (χ2v) is 8.82. The van der Waals surface area contributed by atoms with Gasteiger partial charge in [-0.05, 0) is 79.9 Å². The van der Waals surface area contributed by atoms with Gasteiger partial charge < -0.3 is 9.84 Å². The predicted molar refractivity (Wildman–Crippen MR) is 109 cm³/mol. The third-order valence-corrected chi connectivity index (χ3v) is 6.89. The molecule has 27 heavy (non-hydrogen) atoms. The summed E-state index contributed by atoms with van der Waals surface area (Å²) >= 11 is 0. The fourth-order valence-corrected chi connectivity index (χ4v) is 5.50. The van der Waals surface area contributed by atoms with Gasteiger partial charge in [-0.1, -0.05) is 44.4 Å². The molecule has 0 unspecified atom stereocenters. The van der Waals surface area contributed by atoms with E-state index in [1.807, 2.05) is 0 Å². The Morgan fingerprint density at radius 2 is 2.07 bits per heavy atom. The molecule has 1 fully saturated rings. The van der Waals surface area contributed by atoms with E-state index in [-0.39, 0.29) is 18.2 Å². The Kier molecular flexibility index (Phi) is 6.97. The zero-order valence-electron chi connectivity index (χ0n) is 17.2. The molecule has 0 spiro atoms. The molecule has 0 saturated heterocycles. The number of unbranched alkanes of at least 4 members (excludes halogenated alkanes) is 2. The van der Waals surface area contributed by atoms with Gasteiger partial charge in [0.1, 0.15) is 6.10 Å². The second-order valence-electron chi connectivity index (χ2n) is 8.82. The smallest absolute Gasteiger partial charge is 0.302 e. The molecule has 5 atom stereocenters. The van der Waals surface area contributed by atoms with Gasteiger partial charge in [0.15, 0.2) is 0 Å². The highest BCUT2D eigenvalue weighted by Crippen LogP contribution is 2.48. The van der Waals surface area contributed by atoms with E-state index in [2.05, 4.69) is 32.0 Å². The van der Waals surface area contributed by atoms with E-state index in [0.29, 0.717) is 17.8 Å². The van der Waals surface area contributed by atoms with Crippen LogP contribution in [-0.2, 0) is 22.4 Å². The molecule has 2 aliphatic rings. The Morgan fingerprint density at radius 1 is 1.26 bits per heavy atom. The van der Waals surface area contributed by atoms with Crippen molar-refractivity contribution in [2.75, 3.05) is 0 Å². The SMILES string of the molecule is CCCCC[C@H](O)CC[C@@H]1[C@H]2Cc3cccc(C)c3C[C@H]2C[C@H]1OC(C)=O. The molecule has 0 bridgehead atoms. The van der Waals surface area contributed by atoms with Crippen molar-refractivity contribution >= 4 is 5.97 Å². The molecule has 0 amide bonds. The number of aliphatic hydroxyl groups is 1. The summed E-state index contributed by atoms with van der Waals surface area (Å²) in [6, 6.07) is 6.65. The molecule has 0 aliphatic heterocycles. The third kappa shape index (κ3) is 4.93. The van der Waals surface area contributed by atoms with E-state index in [4.69, 9.17) is 4.74 Å². The molecule has 3 heteroatoms. The van der Waals surface area contributed by atoms with Crippen molar-refractivity contribution in [3.63, 3.8) is 0 Å². The normalized spacial score (nSPS) is 27.7.